The molecule has 2 aromatic rings. The van der Waals surface area contributed by atoms with Gasteiger partial charge in [-0.3, -0.25) is 19.2 Å². The van der Waals surface area contributed by atoms with Crippen molar-refractivity contribution >= 4 is 29.7 Å². The molecule has 1 aromatic heterocycles. The number of alkyl halides is 3. The van der Waals surface area contributed by atoms with E-state index in [0.29, 0.717) is 12.8 Å². The fraction of sp³-hybridized carbons (Fsp3) is 0.576. The summed E-state index contributed by atoms with van der Waals surface area (Å²) < 4.78 is 44.1. The summed E-state index contributed by atoms with van der Waals surface area (Å²) in [5.41, 5.74) is 1.18. The Hall–Kier alpha value is -4.51. The number of aromatic nitrogens is 2. The third-order valence-corrected chi connectivity index (χ3v) is 8.34. The summed E-state index contributed by atoms with van der Waals surface area (Å²) in [6.45, 7) is 7.97. The van der Waals surface area contributed by atoms with Crippen molar-refractivity contribution in [2.24, 2.45) is 11.3 Å². The Labute approximate surface area is 287 Å². The Morgan fingerprint density at radius 2 is 1.74 bits per heavy atom. The third kappa shape index (κ3) is 11.0. The molecule has 0 unspecified atom stereocenters. The van der Waals surface area contributed by atoms with Crippen LogP contribution in [0, 0.1) is 18.3 Å². The van der Waals surface area contributed by atoms with Gasteiger partial charge in [-0.25, -0.2) is 9.78 Å². The number of carboxylic acids is 1. The van der Waals surface area contributed by atoms with Gasteiger partial charge in [-0.1, -0.05) is 32.9 Å². The summed E-state index contributed by atoms with van der Waals surface area (Å²) in [6, 6.07) is 5.94. The number of likely N-dealkylation sites (tertiary alicyclic amines) is 1. The number of halogens is 3. The molecule has 3 amide bonds. The minimum absolute atomic E-state index is 0.00313. The molecular weight excluding hydrogens is 667 g/mol. The summed E-state index contributed by atoms with van der Waals surface area (Å²) in [4.78, 5) is 66.2. The summed E-state index contributed by atoms with van der Waals surface area (Å²) in [6.07, 6.45) is -1.45. The Morgan fingerprint density at radius 3 is 2.28 bits per heavy atom. The van der Waals surface area contributed by atoms with Crippen LogP contribution in [0.5, 0.6) is 0 Å². The molecule has 3 heterocycles. The van der Waals surface area contributed by atoms with Crippen LogP contribution in [0.3, 0.4) is 0 Å². The summed E-state index contributed by atoms with van der Waals surface area (Å²) in [5.74, 6) is -3.65. The van der Waals surface area contributed by atoms with Crippen LogP contribution >= 0.6 is 0 Å². The second-order valence-electron chi connectivity index (χ2n) is 13.2. The second-order valence-corrected chi connectivity index (χ2v) is 13.2. The van der Waals surface area contributed by atoms with Gasteiger partial charge in [-0.2, -0.15) is 13.2 Å². The maximum Gasteiger partial charge on any atom is 0.490 e. The molecule has 2 saturated heterocycles. The number of esters is 1. The van der Waals surface area contributed by atoms with Crippen LogP contribution < -0.4 is 10.6 Å². The van der Waals surface area contributed by atoms with Crippen LogP contribution in [0.25, 0.3) is 5.69 Å². The highest BCUT2D eigenvalue weighted by molar-refractivity contribution is 5.93. The minimum atomic E-state index is -5.08. The molecule has 14 nitrogen and oxygen atoms in total. The van der Waals surface area contributed by atoms with Gasteiger partial charge in [0.1, 0.15) is 17.9 Å². The molecule has 4 rings (SSSR count). The number of aliphatic hydroxyl groups is 1. The summed E-state index contributed by atoms with van der Waals surface area (Å²) in [7, 11) is 1.34. The van der Waals surface area contributed by atoms with Crippen LogP contribution in [-0.4, -0.2) is 105 Å². The summed E-state index contributed by atoms with van der Waals surface area (Å²) in [5, 5.41) is 23.3. The smallest absolute Gasteiger partial charge is 0.475 e. The summed E-state index contributed by atoms with van der Waals surface area (Å²) >= 11 is 0. The van der Waals surface area contributed by atoms with Crippen LogP contribution in [0.15, 0.2) is 36.7 Å². The predicted molar refractivity (Wildman–Crippen MR) is 170 cm³/mol. The van der Waals surface area contributed by atoms with Crippen molar-refractivity contribution in [1.29, 1.82) is 0 Å². The molecule has 4 N–H and O–H groups in total. The molecule has 2 aliphatic heterocycles. The van der Waals surface area contributed by atoms with Crippen molar-refractivity contribution in [2.75, 3.05) is 20.3 Å². The number of methoxy groups -OCH3 is 1. The van der Waals surface area contributed by atoms with E-state index in [1.165, 1.54) is 12.0 Å². The van der Waals surface area contributed by atoms with Crippen LogP contribution in [0.4, 0.5) is 13.2 Å². The zero-order chi connectivity index (χ0) is 37.4. The van der Waals surface area contributed by atoms with Crippen molar-refractivity contribution in [3.05, 3.63) is 48.0 Å². The first-order valence-electron chi connectivity index (χ1n) is 16.0. The lowest BCUT2D eigenvalue weighted by molar-refractivity contribution is -0.192. The van der Waals surface area contributed by atoms with E-state index < -0.39 is 41.7 Å². The zero-order valence-corrected chi connectivity index (χ0v) is 28.5. The van der Waals surface area contributed by atoms with Gasteiger partial charge in [-0.15, -0.1) is 0 Å². The number of benzene rings is 1. The van der Waals surface area contributed by atoms with Crippen molar-refractivity contribution in [3.8, 4) is 5.69 Å². The quantitative estimate of drug-likeness (QED) is 0.266. The number of nitrogens with one attached hydrogen (secondary N) is 2. The van der Waals surface area contributed by atoms with Gasteiger partial charge in [-0.05, 0) is 42.9 Å². The number of aryl methyl sites for hydroxylation is 1. The molecule has 0 spiro atoms. The topological polar surface area (TPSA) is 189 Å². The van der Waals surface area contributed by atoms with Crippen LogP contribution in [0.1, 0.15) is 57.8 Å². The predicted octanol–water partition coefficient (Wildman–Crippen LogP) is 2.28. The lowest BCUT2D eigenvalue weighted by Crippen LogP contribution is -2.57. The van der Waals surface area contributed by atoms with Gasteiger partial charge in [0.15, 0.2) is 0 Å². The van der Waals surface area contributed by atoms with E-state index in [0.717, 1.165) is 17.1 Å². The highest BCUT2D eigenvalue weighted by Gasteiger charge is 2.44. The van der Waals surface area contributed by atoms with E-state index in [-0.39, 0.29) is 62.3 Å². The average molecular weight is 712 g/mol. The Kier molecular flexibility index (Phi) is 13.5. The molecule has 276 valence electrons. The first-order valence-corrected chi connectivity index (χ1v) is 16.0. The monoisotopic (exact) mass is 711 g/mol. The van der Waals surface area contributed by atoms with Gasteiger partial charge in [0.2, 0.25) is 17.7 Å². The van der Waals surface area contributed by atoms with Gasteiger partial charge in [0.25, 0.3) is 0 Å². The average Bonchev–Trinajstić information content (AvgIpc) is 3.80. The number of rotatable bonds is 10. The van der Waals surface area contributed by atoms with Gasteiger partial charge < -0.3 is 39.8 Å². The number of nitrogens with zero attached hydrogens (tertiary/aromatic N) is 3. The Balaban J connectivity index is 0.000000872. The lowest BCUT2D eigenvalue weighted by Gasteiger charge is -2.35. The number of carbonyl (C=O) groups is 5. The van der Waals surface area contributed by atoms with Crippen LogP contribution in [-0.2, 0) is 40.0 Å². The number of hydrogen-bond acceptors (Lipinski definition) is 9. The molecule has 2 aliphatic rings. The maximum absolute atomic E-state index is 13.8. The molecule has 5 atom stereocenters. The van der Waals surface area contributed by atoms with Gasteiger partial charge >= 0.3 is 18.1 Å². The molecular formula is C33H44F3N5O9. The number of aliphatic hydroxyl groups excluding tert-OH is 1. The largest absolute Gasteiger partial charge is 0.490 e. The number of imidazole rings is 1. The van der Waals surface area contributed by atoms with E-state index in [1.54, 1.807) is 6.20 Å². The molecule has 0 bridgehead atoms. The van der Waals surface area contributed by atoms with Crippen molar-refractivity contribution < 1.29 is 56.8 Å². The molecule has 1 aromatic carbocycles. The second kappa shape index (κ2) is 16.9. The number of carboxylic acid groups (broad SMARTS) is 1. The number of aliphatic carboxylic acids is 1. The van der Waals surface area contributed by atoms with E-state index in [4.69, 9.17) is 19.4 Å². The molecule has 0 saturated carbocycles. The highest BCUT2D eigenvalue weighted by atomic mass is 19.4. The van der Waals surface area contributed by atoms with Crippen molar-refractivity contribution in [3.63, 3.8) is 0 Å². The fourth-order valence-corrected chi connectivity index (χ4v) is 5.62. The first kappa shape index (κ1) is 39.9. The van der Waals surface area contributed by atoms with E-state index in [1.807, 2.05) is 62.7 Å². The standard InChI is InChI=1S/C31H43N5O7.C2HF3O2/c1-19-32-12-13-35(19)22-8-6-20(7-9-22)16-33-28(39)25-15-23(37)17-36(25)29(40)27(31(2,3)4)34-26(38)11-10-24-14-21(18-43-24)30(41)42-5;3-2(4,5)1(6)7/h6-9,12-13,21,23-25,27,37H,10-11,14-18H2,1-5H3,(H,33,39)(H,34,38);(H,6,7)/t21-,23+,24+,25-,27+;/m0./s1. The first-order chi connectivity index (χ1) is 23.3. The van der Waals surface area contributed by atoms with E-state index >= 15 is 0 Å². The fourth-order valence-electron chi connectivity index (χ4n) is 5.62. The number of ether oxygens (including phenoxy) is 2. The molecule has 50 heavy (non-hydrogen) atoms. The van der Waals surface area contributed by atoms with Crippen molar-refractivity contribution in [2.45, 2.75) is 90.4 Å². The SMILES string of the molecule is COC(=O)[C@@H]1CO[C@H](CCC(=O)N[C@H](C(=O)N2C[C@H](O)C[C@H]2C(=O)NCc2ccc(-n3ccnc3C)cc2)C(C)(C)C)C1.O=C(O)C(F)(F)F. The van der Waals surface area contributed by atoms with Gasteiger partial charge in [0, 0.05) is 44.0 Å². The lowest BCUT2D eigenvalue weighted by atomic mass is 9.85. The van der Waals surface area contributed by atoms with E-state index in [2.05, 4.69) is 15.6 Å². The highest BCUT2D eigenvalue weighted by Crippen LogP contribution is 2.28. The van der Waals surface area contributed by atoms with E-state index in [9.17, 15) is 37.5 Å². The number of β-amino-alcohol motifs (C(OH)–C–C–N with tert-alkyl or cyclic N) is 1. The third-order valence-electron chi connectivity index (χ3n) is 8.34. The maximum atomic E-state index is 13.8. The Morgan fingerprint density at radius 1 is 1.10 bits per heavy atom. The van der Waals surface area contributed by atoms with Gasteiger partial charge in [0.05, 0.1) is 31.8 Å². The number of hydrogen-bond donors (Lipinski definition) is 4. The normalized spacial score (nSPS) is 21.1. The van der Waals surface area contributed by atoms with Crippen molar-refractivity contribution in [1.82, 2.24) is 25.1 Å². The van der Waals surface area contributed by atoms with Crippen LogP contribution in [0.2, 0.25) is 0 Å². The molecule has 0 radical (unpaired) electrons. The molecule has 0 aliphatic carbocycles. The number of amides is 3. The minimum Gasteiger partial charge on any atom is -0.475 e. The molecule has 17 heteroatoms. The molecule has 2 fully saturated rings. The zero-order valence-electron chi connectivity index (χ0n) is 28.5. The Bertz CT molecular complexity index is 1510. The number of carbonyl (C=O) groups excluding carboxylic acids is 4.